The Morgan fingerprint density at radius 3 is 2.55 bits per heavy atom. The molecule has 0 saturated heterocycles. The van der Waals surface area contributed by atoms with Gasteiger partial charge >= 0.3 is 0 Å². The molecule has 1 aliphatic heterocycles. The van der Waals surface area contributed by atoms with Crippen LogP contribution in [-0.4, -0.2) is 29.9 Å². The molecule has 1 aromatic heterocycles. The first-order chi connectivity index (χ1) is 15.0. The highest BCUT2D eigenvalue weighted by Crippen LogP contribution is 2.33. The van der Waals surface area contributed by atoms with Gasteiger partial charge in [-0.3, -0.25) is 4.79 Å². The van der Waals surface area contributed by atoms with Gasteiger partial charge in [-0.15, -0.1) is 0 Å². The van der Waals surface area contributed by atoms with Gasteiger partial charge < -0.3 is 5.32 Å². The van der Waals surface area contributed by atoms with E-state index in [9.17, 15) is 13.2 Å². The molecule has 0 fully saturated rings. The van der Waals surface area contributed by atoms with E-state index in [1.54, 1.807) is 18.2 Å². The van der Waals surface area contributed by atoms with E-state index in [2.05, 4.69) is 5.32 Å². The highest BCUT2D eigenvalue weighted by atomic mass is 32.2. The molecule has 2 aromatic carbocycles. The van der Waals surface area contributed by atoms with Crippen LogP contribution in [0.4, 0.5) is 0 Å². The van der Waals surface area contributed by atoms with Crippen molar-refractivity contribution in [2.45, 2.75) is 49.5 Å². The van der Waals surface area contributed by atoms with Crippen LogP contribution in [0.1, 0.15) is 59.0 Å². The summed E-state index contributed by atoms with van der Waals surface area (Å²) in [6.45, 7) is 0. The predicted octanol–water partition coefficient (Wildman–Crippen LogP) is 3.79. The maximum atomic E-state index is 13.4. The standard InChI is InChI=1S/C24H25N3O3S/c28-24(25-20-15-16-31(29,30)22-14-8-7-11-18(20)22)23-19-12-5-2-6-13-21(19)27(26-23)17-9-3-1-4-10-17/h1,3-4,7-11,14,20H,2,5-6,12-13,15-16H2,(H,25,28). The number of aromatic nitrogens is 2. The van der Waals surface area contributed by atoms with Crippen LogP contribution in [0, 0.1) is 0 Å². The van der Waals surface area contributed by atoms with Crippen molar-refractivity contribution in [2.75, 3.05) is 5.75 Å². The van der Waals surface area contributed by atoms with Gasteiger partial charge in [-0.2, -0.15) is 5.10 Å². The van der Waals surface area contributed by atoms with Crippen LogP contribution in [0.5, 0.6) is 0 Å². The number of para-hydroxylation sites is 1. The fourth-order valence-electron chi connectivity index (χ4n) is 4.71. The Kier molecular flexibility index (Phi) is 5.14. The molecule has 160 valence electrons. The summed E-state index contributed by atoms with van der Waals surface area (Å²) in [5.74, 6) is -0.196. The summed E-state index contributed by atoms with van der Waals surface area (Å²) in [4.78, 5) is 13.7. The predicted molar refractivity (Wildman–Crippen MR) is 118 cm³/mol. The number of benzene rings is 2. The third-order valence-electron chi connectivity index (χ3n) is 6.26. The van der Waals surface area contributed by atoms with E-state index in [-0.39, 0.29) is 17.7 Å². The molecule has 1 atom stereocenters. The number of hydrogen-bond acceptors (Lipinski definition) is 4. The zero-order valence-corrected chi connectivity index (χ0v) is 18.1. The Morgan fingerprint density at radius 2 is 1.71 bits per heavy atom. The van der Waals surface area contributed by atoms with Crippen molar-refractivity contribution in [3.8, 4) is 5.69 Å². The molecule has 31 heavy (non-hydrogen) atoms. The van der Waals surface area contributed by atoms with Gasteiger partial charge in [-0.1, -0.05) is 42.8 Å². The Morgan fingerprint density at radius 1 is 0.968 bits per heavy atom. The summed E-state index contributed by atoms with van der Waals surface area (Å²) in [6, 6.07) is 16.5. The minimum absolute atomic E-state index is 0.0333. The second kappa shape index (κ2) is 7.96. The summed E-state index contributed by atoms with van der Waals surface area (Å²) in [5.41, 5.74) is 4.21. The topological polar surface area (TPSA) is 81.1 Å². The molecule has 1 N–H and O–H groups in total. The molecule has 2 heterocycles. The van der Waals surface area contributed by atoms with Gasteiger partial charge in [0.15, 0.2) is 15.5 Å². The van der Waals surface area contributed by atoms with Gasteiger partial charge in [0.2, 0.25) is 0 Å². The molecular formula is C24H25N3O3S. The van der Waals surface area contributed by atoms with Crippen LogP contribution in [-0.2, 0) is 22.7 Å². The van der Waals surface area contributed by atoms with Crippen LogP contribution >= 0.6 is 0 Å². The largest absolute Gasteiger partial charge is 0.344 e. The minimum atomic E-state index is -3.30. The van der Waals surface area contributed by atoms with Crippen LogP contribution in [0.3, 0.4) is 0 Å². The zero-order valence-electron chi connectivity index (χ0n) is 17.3. The number of nitrogens with one attached hydrogen (secondary N) is 1. The Bertz CT molecular complexity index is 1230. The average Bonchev–Trinajstić information content (AvgIpc) is 2.97. The van der Waals surface area contributed by atoms with E-state index < -0.39 is 9.84 Å². The highest BCUT2D eigenvalue weighted by molar-refractivity contribution is 7.91. The molecule has 0 saturated carbocycles. The molecule has 0 bridgehead atoms. The fourth-order valence-corrected chi connectivity index (χ4v) is 6.33. The summed E-state index contributed by atoms with van der Waals surface area (Å²) in [7, 11) is -3.30. The molecule has 0 radical (unpaired) electrons. The molecule has 3 aromatic rings. The van der Waals surface area contributed by atoms with Crippen molar-refractivity contribution in [3.05, 3.63) is 77.1 Å². The van der Waals surface area contributed by atoms with Crippen LogP contribution in [0.25, 0.3) is 5.69 Å². The quantitative estimate of drug-likeness (QED) is 0.635. The van der Waals surface area contributed by atoms with E-state index >= 15 is 0 Å². The number of amides is 1. The molecule has 6 nitrogen and oxygen atoms in total. The Balaban J connectivity index is 1.51. The SMILES string of the molecule is O=C(NC1CCS(=O)(=O)c2ccccc21)c1nn(-c2ccccc2)c2c1CCCCC2. The molecule has 1 aliphatic carbocycles. The normalized spacial score (nSPS) is 19.7. The molecule has 1 amide bonds. The third kappa shape index (κ3) is 3.67. The molecule has 0 spiro atoms. The van der Waals surface area contributed by atoms with Gasteiger partial charge in [-0.25, -0.2) is 13.1 Å². The van der Waals surface area contributed by atoms with Gasteiger partial charge in [-0.05, 0) is 55.9 Å². The Labute approximate surface area is 182 Å². The van der Waals surface area contributed by atoms with E-state index in [0.717, 1.165) is 49.0 Å². The molecular weight excluding hydrogens is 410 g/mol. The first-order valence-electron chi connectivity index (χ1n) is 10.8. The number of hydrogen-bond donors (Lipinski definition) is 1. The maximum Gasteiger partial charge on any atom is 0.272 e. The van der Waals surface area contributed by atoms with Gasteiger partial charge in [0.25, 0.3) is 5.91 Å². The minimum Gasteiger partial charge on any atom is -0.344 e. The van der Waals surface area contributed by atoms with E-state index in [0.29, 0.717) is 22.6 Å². The van der Waals surface area contributed by atoms with Crippen molar-refractivity contribution in [1.82, 2.24) is 15.1 Å². The number of rotatable bonds is 3. The summed E-state index contributed by atoms with van der Waals surface area (Å²) in [6.07, 6.45) is 5.36. The Hall–Kier alpha value is -2.93. The second-order valence-corrected chi connectivity index (χ2v) is 10.3. The van der Waals surface area contributed by atoms with E-state index in [1.165, 1.54) is 0 Å². The number of sulfone groups is 1. The monoisotopic (exact) mass is 435 g/mol. The number of fused-ring (bicyclic) bond motifs is 2. The molecule has 5 rings (SSSR count). The zero-order chi connectivity index (χ0) is 21.4. The molecule has 1 unspecified atom stereocenters. The maximum absolute atomic E-state index is 13.4. The summed E-state index contributed by atoms with van der Waals surface area (Å²) < 4.78 is 26.8. The van der Waals surface area contributed by atoms with Crippen molar-refractivity contribution < 1.29 is 13.2 Å². The summed E-state index contributed by atoms with van der Waals surface area (Å²) >= 11 is 0. The lowest BCUT2D eigenvalue weighted by Gasteiger charge is -2.26. The van der Waals surface area contributed by atoms with Crippen molar-refractivity contribution in [2.24, 2.45) is 0 Å². The smallest absolute Gasteiger partial charge is 0.272 e. The average molecular weight is 436 g/mol. The molecule has 7 heteroatoms. The molecule has 2 aliphatic rings. The first-order valence-corrected chi connectivity index (χ1v) is 12.5. The van der Waals surface area contributed by atoms with Crippen LogP contribution in [0.2, 0.25) is 0 Å². The lowest BCUT2D eigenvalue weighted by atomic mass is 10.0. The summed E-state index contributed by atoms with van der Waals surface area (Å²) in [5, 5.41) is 7.83. The van der Waals surface area contributed by atoms with Crippen LogP contribution in [0.15, 0.2) is 59.5 Å². The van der Waals surface area contributed by atoms with Gasteiger partial charge in [0.05, 0.1) is 22.4 Å². The second-order valence-electron chi connectivity index (χ2n) is 8.25. The lowest BCUT2D eigenvalue weighted by Crippen LogP contribution is -2.34. The van der Waals surface area contributed by atoms with Crippen LogP contribution < -0.4 is 5.32 Å². The first kappa shape index (κ1) is 20.0. The van der Waals surface area contributed by atoms with Crippen molar-refractivity contribution in [3.63, 3.8) is 0 Å². The van der Waals surface area contributed by atoms with Crippen molar-refractivity contribution in [1.29, 1.82) is 0 Å². The van der Waals surface area contributed by atoms with Gasteiger partial charge in [0, 0.05) is 11.3 Å². The van der Waals surface area contributed by atoms with Gasteiger partial charge in [0.1, 0.15) is 0 Å². The number of nitrogens with zero attached hydrogens (tertiary/aromatic N) is 2. The van der Waals surface area contributed by atoms with E-state index in [1.807, 2.05) is 41.1 Å². The van der Waals surface area contributed by atoms with Crippen molar-refractivity contribution >= 4 is 15.7 Å². The highest BCUT2D eigenvalue weighted by Gasteiger charge is 2.32. The fraction of sp³-hybridized carbons (Fsp3) is 0.333. The number of carbonyl (C=O) groups is 1. The third-order valence-corrected chi connectivity index (χ3v) is 8.07. The van der Waals surface area contributed by atoms with E-state index in [4.69, 9.17) is 5.10 Å². The lowest BCUT2D eigenvalue weighted by molar-refractivity contribution is 0.0928. The number of carbonyl (C=O) groups excluding carboxylic acids is 1.